The molecule has 0 fully saturated rings. The minimum absolute atomic E-state index is 0.385. The number of carbonyl (C=O) groups excluding carboxylic acids is 2. The molecule has 0 saturated carbocycles. The maximum Gasteiger partial charge on any atom is 0.418 e. The van der Waals surface area contributed by atoms with Gasteiger partial charge in [-0.05, 0) is 30.3 Å². The van der Waals surface area contributed by atoms with Gasteiger partial charge in [-0.1, -0.05) is 12.1 Å². The molecule has 30 heavy (non-hydrogen) atoms. The van der Waals surface area contributed by atoms with E-state index in [1.54, 1.807) is 0 Å². The number of carbonyl (C=O) groups is 2. The third-order valence-corrected chi connectivity index (χ3v) is 5.59. The molecule has 0 aromatic heterocycles. The largest absolute Gasteiger partial charge is 0.452 e. The van der Waals surface area contributed by atoms with Gasteiger partial charge in [-0.3, -0.25) is 4.79 Å². The molecule has 2 aromatic rings. The molecule has 0 aliphatic rings. The number of hydrogen-bond donors (Lipinski definition) is 1. The first-order chi connectivity index (χ1) is 13.8. The van der Waals surface area contributed by atoms with Crippen molar-refractivity contribution in [2.45, 2.75) is 11.1 Å². The highest BCUT2D eigenvalue weighted by molar-refractivity contribution is 7.89. The number of amides is 1. The van der Waals surface area contributed by atoms with Crippen LogP contribution < -0.4 is 5.32 Å². The molecule has 0 bridgehead atoms. The summed E-state index contributed by atoms with van der Waals surface area (Å²) >= 11 is 0. The first kappa shape index (κ1) is 23.3. The number of sulfonamides is 1. The van der Waals surface area contributed by atoms with Crippen LogP contribution in [-0.4, -0.2) is 45.3 Å². The van der Waals surface area contributed by atoms with Crippen LogP contribution in [0.1, 0.15) is 15.9 Å². The second-order valence-corrected chi connectivity index (χ2v) is 8.25. The predicted octanol–water partition coefficient (Wildman–Crippen LogP) is 2.89. The Labute approximate surface area is 169 Å². The number of hydrogen-bond acceptors (Lipinski definition) is 5. The number of ether oxygens (including phenoxy) is 1. The number of nitrogens with zero attached hydrogens (tertiary/aromatic N) is 1. The normalized spacial score (nSPS) is 12.0. The predicted molar refractivity (Wildman–Crippen MR) is 97.6 cm³/mol. The number of halogens is 4. The van der Waals surface area contributed by atoms with Crippen molar-refractivity contribution < 1.29 is 40.3 Å². The number of esters is 1. The van der Waals surface area contributed by atoms with Gasteiger partial charge in [0.1, 0.15) is 5.82 Å². The van der Waals surface area contributed by atoms with Crippen LogP contribution in [0.15, 0.2) is 47.4 Å². The Bertz CT molecular complexity index is 1070. The van der Waals surface area contributed by atoms with Crippen molar-refractivity contribution in [1.29, 1.82) is 0 Å². The van der Waals surface area contributed by atoms with E-state index >= 15 is 0 Å². The monoisotopic (exact) mass is 448 g/mol. The van der Waals surface area contributed by atoms with Crippen LogP contribution in [0.25, 0.3) is 0 Å². The molecule has 0 atom stereocenters. The summed E-state index contributed by atoms with van der Waals surface area (Å²) in [6, 6.07) is 6.60. The zero-order chi connectivity index (χ0) is 22.7. The van der Waals surface area contributed by atoms with Crippen molar-refractivity contribution in [3.63, 3.8) is 0 Å². The molecule has 2 rings (SSSR count). The summed E-state index contributed by atoms with van der Waals surface area (Å²) in [5.41, 5.74) is -2.39. The highest BCUT2D eigenvalue weighted by Gasteiger charge is 2.33. The van der Waals surface area contributed by atoms with Crippen molar-refractivity contribution in [2.75, 3.05) is 26.0 Å². The van der Waals surface area contributed by atoms with Crippen LogP contribution >= 0.6 is 0 Å². The lowest BCUT2D eigenvalue weighted by atomic mass is 10.1. The average Bonchev–Trinajstić information content (AvgIpc) is 2.65. The molecule has 0 saturated heterocycles. The standard InChI is InChI=1S/C18H16F4N2O5S/c1-24(2)30(27,28)11-7-8-14(19)12(9-11)17(26)29-10-16(25)23-15-6-4-3-5-13(15)18(20,21)22/h3-9H,10H2,1-2H3,(H,23,25). The molecule has 0 unspecified atom stereocenters. The van der Waals surface area contributed by atoms with Crippen molar-refractivity contribution in [3.8, 4) is 0 Å². The van der Waals surface area contributed by atoms with E-state index in [1.807, 2.05) is 5.32 Å². The summed E-state index contributed by atoms with van der Waals surface area (Å²) in [6.07, 6.45) is -4.72. The SMILES string of the molecule is CN(C)S(=O)(=O)c1ccc(F)c(C(=O)OCC(=O)Nc2ccccc2C(F)(F)F)c1. The quantitative estimate of drug-likeness (QED) is 0.542. The van der Waals surface area contributed by atoms with Gasteiger partial charge in [0.25, 0.3) is 5.91 Å². The summed E-state index contributed by atoms with van der Waals surface area (Å²) in [5.74, 6) is -3.55. The van der Waals surface area contributed by atoms with Crippen molar-refractivity contribution in [1.82, 2.24) is 4.31 Å². The van der Waals surface area contributed by atoms with E-state index in [-0.39, 0.29) is 4.90 Å². The Morgan fingerprint density at radius 1 is 1.10 bits per heavy atom. The molecular weight excluding hydrogens is 432 g/mol. The first-order valence-electron chi connectivity index (χ1n) is 8.19. The molecule has 0 spiro atoms. The minimum atomic E-state index is -4.72. The van der Waals surface area contributed by atoms with Crippen molar-refractivity contribution in [2.24, 2.45) is 0 Å². The molecule has 12 heteroatoms. The van der Waals surface area contributed by atoms with Gasteiger partial charge < -0.3 is 10.1 Å². The van der Waals surface area contributed by atoms with Crippen LogP contribution in [0, 0.1) is 5.82 Å². The number of anilines is 1. The van der Waals surface area contributed by atoms with E-state index < -0.39 is 57.3 Å². The minimum Gasteiger partial charge on any atom is -0.452 e. The molecule has 1 amide bonds. The Kier molecular flexibility index (Phi) is 6.83. The molecule has 0 heterocycles. The summed E-state index contributed by atoms with van der Waals surface area (Å²) in [6.45, 7) is -1.02. The van der Waals surface area contributed by atoms with Crippen LogP contribution in [0.4, 0.5) is 23.2 Å². The molecule has 2 aromatic carbocycles. The zero-order valence-corrected chi connectivity index (χ0v) is 16.5. The molecular formula is C18H16F4N2O5S. The van der Waals surface area contributed by atoms with Crippen LogP contribution in [0.3, 0.4) is 0 Å². The maximum atomic E-state index is 13.9. The Hall–Kier alpha value is -2.99. The third-order valence-electron chi connectivity index (χ3n) is 3.78. The lowest BCUT2D eigenvalue weighted by molar-refractivity contribution is -0.137. The molecule has 1 N–H and O–H groups in total. The van der Waals surface area contributed by atoms with E-state index in [4.69, 9.17) is 0 Å². The van der Waals surface area contributed by atoms with Crippen molar-refractivity contribution >= 4 is 27.6 Å². The molecule has 7 nitrogen and oxygen atoms in total. The fraction of sp³-hybridized carbons (Fsp3) is 0.222. The lowest BCUT2D eigenvalue weighted by Crippen LogP contribution is -2.24. The molecule has 162 valence electrons. The Morgan fingerprint density at radius 2 is 1.73 bits per heavy atom. The second-order valence-electron chi connectivity index (χ2n) is 6.10. The Balaban J connectivity index is 2.13. The highest BCUT2D eigenvalue weighted by Crippen LogP contribution is 2.34. The second kappa shape index (κ2) is 8.79. The van der Waals surface area contributed by atoms with Crippen LogP contribution in [0.2, 0.25) is 0 Å². The topological polar surface area (TPSA) is 92.8 Å². The number of benzene rings is 2. The number of alkyl halides is 3. The van der Waals surface area contributed by atoms with Crippen LogP contribution in [-0.2, 0) is 25.7 Å². The van der Waals surface area contributed by atoms with E-state index in [1.165, 1.54) is 20.2 Å². The average molecular weight is 448 g/mol. The fourth-order valence-electron chi connectivity index (χ4n) is 2.27. The summed E-state index contributed by atoms with van der Waals surface area (Å²) in [4.78, 5) is 23.6. The number of rotatable bonds is 6. The van der Waals surface area contributed by atoms with Gasteiger partial charge >= 0.3 is 12.1 Å². The summed E-state index contributed by atoms with van der Waals surface area (Å²) in [5, 5.41) is 1.96. The van der Waals surface area contributed by atoms with Gasteiger partial charge in [-0.25, -0.2) is 21.9 Å². The van der Waals surface area contributed by atoms with Gasteiger partial charge in [0.2, 0.25) is 10.0 Å². The fourth-order valence-corrected chi connectivity index (χ4v) is 3.19. The van der Waals surface area contributed by atoms with Crippen LogP contribution in [0.5, 0.6) is 0 Å². The maximum absolute atomic E-state index is 13.9. The highest BCUT2D eigenvalue weighted by atomic mass is 32.2. The first-order valence-corrected chi connectivity index (χ1v) is 9.63. The third kappa shape index (κ3) is 5.33. The van der Waals surface area contributed by atoms with E-state index in [0.717, 1.165) is 40.7 Å². The summed E-state index contributed by atoms with van der Waals surface area (Å²) < 4.78 is 82.4. The zero-order valence-electron chi connectivity index (χ0n) is 15.7. The molecule has 0 aliphatic carbocycles. The van der Waals surface area contributed by atoms with Gasteiger partial charge in [0, 0.05) is 14.1 Å². The van der Waals surface area contributed by atoms with Crippen molar-refractivity contribution in [3.05, 3.63) is 59.4 Å². The summed E-state index contributed by atoms with van der Waals surface area (Å²) in [7, 11) is -1.50. The van der Waals surface area contributed by atoms with Gasteiger partial charge in [0.05, 0.1) is 21.7 Å². The van der Waals surface area contributed by atoms with E-state index in [0.29, 0.717) is 0 Å². The van der Waals surface area contributed by atoms with E-state index in [9.17, 15) is 35.6 Å². The van der Waals surface area contributed by atoms with E-state index in [2.05, 4.69) is 4.74 Å². The number of para-hydroxylation sites is 1. The van der Waals surface area contributed by atoms with Gasteiger partial charge in [-0.15, -0.1) is 0 Å². The van der Waals surface area contributed by atoms with Gasteiger partial charge in [0.15, 0.2) is 6.61 Å². The lowest BCUT2D eigenvalue weighted by Gasteiger charge is -2.14. The van der Waals surface area contributed by atoms with Gasteiger partial charge in [-0.2, -0.15) is 13.2 Å². The smallest absolute Gasteiger partial charge is 0.418 e. The molecule has 0 aliphatic heterocycles. The Morgan fingerprint density at radius 3 is 2.33 bits per heavy atom. The molecule has 0 radical (unpaired) electrons. The number of nitrogens with one attached hydrogen (secondary N) is 1.